The maximum Gasteiger partial charge on any atom is 0.257 e. The minimum absolute atomic E-state index is 0.0843. The number of amides is 1. The average Bonchev–Trinajstić information content (AvgIpc) is 2.46. The van der Waals surface area contributed by atoms with Gasteiger partial charge in [-0.15, -0.1) is 0 Å². The van der Waals surface area contributed by atoms with Gasteiger partial charge in [-0.2, -0.15) is 5.26 Å². The monoisotopic (exact) mass is 286 g/mol. The van der Waals surface area contributed by atoms with Gasteiger partial charge in [0.2, 0.25) is 0 Å². The molecule has 0 aliphatic carbocycles. The van der Waals surface area contributed by atoms with E-state index >= 15 is 0 Å². The van der Waals surface area contributed by atoms with Crippen LogP contribution in [0.25, 0.3) is 0 Å². The summed E-state index contributed by atoms with van der Waals surface area (Å²) >= 11 is 5.97. The van der Waals surface area contributed by atoms with Crippen molar-refractivity contribution in [2.45, 2.75) is 0 Å². The number of benzene rings is 2. The Bertz CT molecular complexity index is 665. The van der Waals surface area contributed by atoms with Crippen LogP contribution >= 0.6 is 11.6 Å². The van der Waals surface area contributed by atoms with E-state index in [0.717, 1.165) is 0 Å². The summed E-state index contributed by atoms with van der Waals surface area (Å²) in [5.74, 6) is 0.109. The summed E-state index contributed by atoms with van der Waals surface area (Å²) in [6, 6.07) is 15.6. The van der Waals surface area contributed by atoms with Gasteiger partial charge in [-0.3, -0.25) is 4.79 Å². The molecule has 0 radical (unpaired) electrons. The first kappa shape index (κ1) is 13.9. The second-order valence-electron chi connectivity index (χ2n) is 3.88. The summed E-state index contributed by atoms with van der Waals surface area (Å²) in [5, 5.41) is 11.6. The molecule has 0 spiro atoms. The minimum Gasteiger partial charge on any atom is -0.477 e. The third-order valence-corrected chi connectivity index (χ3v) is 2.88. The fourth-order valence-corrected chi connectivity index (χ4v) is 1.86. The Kier molecular flexibility index (Phi) is 4.59. The second kappa shape index (κ2) is 6.60. The van der Waals surface area contributed by atoms with Crippen molar-refractivity contribution in [2.24, 2.45) is 0 Å². The molecular weight excluding hydrogens is 276 g/mol. The van der Waals surface area contributed by atoms with Crippen LogP contribution in [0, 0.1) is 11.3 Å². The van der Waals surface area contributed by atoms with Crippen molar-refractivity contribution in [3.05, 3.63) is 59.1 Å². The first-order valence-electron chi connectivity index (χ1n) is 5.87. The normalized spacial score (nSPS) is 9.60. The molecule has 0 bridgehead atoms. The summed E-state index contributed by atoms with van der Waals surface area (Å²) in [5.41, 5.74) is 0.872. The second-order valence-corrected chi connectivity index (χ2v) is 4.28. The molecule has 20 heavy (non-hydrogen) atoms. The van der Waals surface area contributed by atoms with Crippen molar-refractivity contribution in [3.8, 4) is 11.8 Å². The predicted octanol–water partition coefficient (Wildman–Crippen LogP) is 3.49. The molecule has 0 heterocycles. The van der Waals surface area contributed by atoms with E-state index in [-0.39, 0.29) is 12.5 Å². The lowest BCUT2D eigenvalue weighted by Crippen LogP contribution is -2.13. The zero-order valence-corrected chi connectivity index (χ0v) is 11.2. The smallest absolute Gasteiger partial charge is 0.257 e. The van der Waals surface area contributed by atoms with Gasteiger partial charge < -0.3 is 10.1 Å². The summed E-state index contributed by atoms with van der Waals surface area (Å²) in [7, 11) is 0. The van der Waals surface area contributed by atoms with Gasteiger partial charge in [0.25, 0.3) is 5.91 Å². The third-order valence-electron chi connectivity index (χ3n) is 2.55. The van der Waals surface area contributed by atoms with Gasteiger partial charge >= 0.3 is 0 Å². The first-order valence-corrected chi connectivity index (χ1v) is 6.25. The number of ether oxygens (including phenoxy) is 1. The molecule has 0 saturated heterocycles. The highest BCUT2D eigenvalue weighted by Crippen LogP contribution is 2.25. The van der Waals surface area contributed by atoms with E-state index in [9.17, 15) is 4.79 Å². The maximum atomic E-state index is 12.1. The van der Waals surface area contributed by atoms with E-state index in [1.54, 1.807) is 48.5 Å². The fraction of sp³-hybridized carbons (Fsp3) is 0.0667. The number of halogens is 1. The van der Waals surface area contributed by atoms with Crippen LogP contribution < -0.4 is 10.1 Å². The molecule has 0 aromatic heterocycles. The molecule has 0 unspecified atom stereocenters. The molecule has 0 aliphatic heterocycles. The lowest BCUT2D eigenvalue weighted by atomic mass is 10.2. The van der Waals surface area contributed by atoms with E-state index in [2.05, 4.69) is 5.32 Å². The average molecular weight is 287 g/mol. The standard InChI is InChI=1S/C15H11ClN2O2/c16-12-6-2-1-5-11(12)15(19)18-13-7-3-4-8-14(13)20-10-9-17/h1-8H,10H2,(H,18,19). The van der Waals surface area contributed by atoms with Crippen molar-refractivity contribution in [1.29, 1.82) is 5.26 Å². The Morgan fingerprint density at radius 1 is 1.20 bits per heavy atom. The fourth-order valence-electron chi connectivity index (χ4n) is 1.64. The highest BCUT2D eigenvalue weighted by Gasteiger charge is 2.12. The number of nitrogens with zero attached hydrogens (tertiary/aromatic N) is 1. The first-order chi connectivity index (χ1) is 9.72. The topological polar surface area (TPSA) is 62.1 Å². The molecule has 2 rings (SSSR count). The summed E-state index contributed by atoms with van der Waals surface area (Å²) in [6.45, 7) is -0.0843. The molecule has 1 N–H and O–H groups in total. The van der Waals surface area contributed by atoms with Crippen molar-refractivity contribution in [1.82, 2.24) is 0 Å². The zero-order valence-electron chi connectivity index (χ0n) is 10.5. The van der Waals surface area contributed by atoms with E-state index < -0.39 is 0 Å². The SMILES string of the molecule is N#CCOc1ccccc1NC(=O)c1ccccc1Cl. The Balaban J connectivity index is 2.20. The van der Waals surface area contributed by atoms with Crippen LogP contribution in [0.1, 0.15) is 10.4 Å². The van der Waals surface area contributed by atoms with Crippen molar-refractivity contribution >= 4 is 23.2 Å². The number of carbonyl (C=O) groups excluding carboxylic acids is 1. The van der Waals surface area contributed by atoms with Crippen LogP contribution in [0.15, 0.2) is 48.5 Å². The lowest BCUT2D eigenvalue weighted by Gasteiger charge is -2.11. The summed E-state index contributed by atoms with van der Waals surface area (Å²) < 4.78 is 5.24. The van der Waals surface area contributed by atoms with Gasteiger partial charge in [-0.05, 0) is 24.3 Å². The number of para-hydroxylation sites is 2. The van der Waals surface area contributed by atoms with Crippen LogP contribution in [-0.4, -0.2) is 12.5 Å². The quantitative estimate of drug-likeness (QED) is 0.936. The van der Waals surface area contributed by atoms with Gasteiger partial charge in [0.1, 0.15) is 11.8 Å². The molecule has 1 amide bonds. The Labute approximate surface area is 121 Å². The minimum atomic E-state index is -0.330. The highest BCUT2D eigenvalue weighted by molar-refractivity contribution is 6.34. The van der Waals surface area contributed by atoms with E-state index in [4.69, 9.17) is 21.6 Å². The van der Waals surface area contributed by atoms with Crippen molar-refractivity contribution in [3.63, 3.8) is 0 Å². The lowest BCUT2D eigenvalue weighted by molar-refractivity contribution is 0.102. The Hall–Kier alpha value is -2.51. The molecule has 100 valence electrons. The molecule has 0 aliphatic rings. The summed E-state index contributed by atoms with van der Waals surface area (Å²) in [6.07, 6.45) is 0. The summed E-state index contributed by atoms with van der Waals surface area (Å²) in [4.78, 5) is 12.1. The maximum absolute atomic E-state index is 12.1. The van der Waals surface area contributed by atoms with Gasteiger partial charge in [0, 0.05) is 0 Å². The number of hydrogen-bond donors (Lipinski definition) is 1. The molecule has 2 aromatic carbocycles. The molecule has 0 fully saturated rings. The highest BCUT2D eigenvalue weighted by atomic mass is 35.5. The zero-order chi connectivity index (χ0) is 14.4. The third kappa shape index (κ3) is 3.28. The van der Waals surface area contributed by atoms with Gasteiger partial charge in [-0.1, -0.05) is 35.9 Å². The molecule has 5 heteroatoms. The van der Waals surface area contributed by atoms with Gasteiger partial charge in [-0.25, -0.2) is 0 Å². The number of rotatable bonds is 4. The Morgan fingerprint density at radius 3 is 2.65 bits per heavy atom. The van der Waals surface area contributed by atoms with Crippen molar-refractivity contribution < 1.29 is 9.53 Å². The molecule has 2 aromatic rings. The van der Waals surface area contributed by atoms with E-state index in [1.165, 1.54) is 0 Å². The van der Waals surface area contributed by atoms with E-state index in [1.807, 2.05) is 6.07 Å². The number of hydrogen-bond acceptors (Lipinski definition) is 3. The number of carbonyl (C=O) groups is 1. The number of nitriles is 1. The van der Waals surface area contributed by atoms with Crippen molar-refractivity contribution in [2.75, 3.05) is 11.9 Å². The van der Waals surface area contributed by atoms with Crippen LogP contribution in [0.5, 0.6) is 5.75 Å². The van der Waals surface area contributed by atoms with Crippen LogP contribution in [0.4, 0.5) is 5.69 Å². The number of anilines is 1. The molecule has 4 nitrogen and oxygen atoms in total. The van der Waals surface area contributed by atoms with Crippen LogP contribution in [0.2, 0.25) is 5.02 Å². The Morgan fingerprint density at radius 2 is 1.90 bits per heavy atom. The predicted molar refractivity (Wildman–Crippen MR) is 77.0 cm³/mol. The molecule has 0 saturated carbocycles. The van der Waals surface area contributed by atoms with Gasteiger partial charge in [0.05, 0.1) is 16.3 Å². The van der Waals surface area contributed by atoms with Crippen LogP contribution in [-0.2, 0) is 0 Å². The largest absolute Gasteiger partial charge is 0.477 e. The molecule has 0 atom stereocenters. The van der Waals surface area contributed by atoms with Crippen LogP contribution in [0.3, 0.4) is 0 Å². The van der Waals surface area contributed by atoms with E-state index in [0.29, 0.717) is 22.0 Å². The van der Waals surface area contributed by atoms with Gasteiger partial charge in [0.15, 0.2) is 6.61 Å². The molecular formula is C15H11ClN2O2. The number of nitrogens with one attached hydrogen (secondary N) is 1.